The maximum atomic E-state index is 13.0. The van der Waals surface area contributed by atoms with Gasteiger partial charge in [0, 0.05) is 11.1 Å². The Labute approximate surface area is 180 Å². The SMILES string of the molecule is C=C(C)C(=O)OC(C)COP(=O)(OCCCCCCC)OCC(C)OC(=O)C(=C)C. The summed E-state index contributed by atoms with van der Waals surface area (Å²) in [6.45, 7) is 15.2. The van der Waals surface area contributed by atoms with Gasteiger partial charge in [0.2, 0.25) is 0 Å². The fourth-order valence-corrected chi connectivity index (χ4v) is 3.38. The first-order valence-electron chi connectivity index (χ1n) is 10.3. The Morgan fingerprint density at radius 3 is 1.63 bits per heavy atom. The third-order valence-electron chi connectivity index (χ3n) is 3.75. The van der Waals surface area contributed by atoms with E-state index >= 15 is 0 Å². The van der Waals surface area contributed by atoms with Gasteiger partial charge in [-0.15, -0.1) is 0 Å². The van der Waals surface area contributed by atoms with Crippen molar-refractivity contribution in [2.24, 2.45) is 0 Å². The van der Waals surface area contributed by atoms with Crippen LogP contribution < -0.4 is 0 Å². The van der Waals surface area contributed by atoms with E-state index in [1.807, 2.05) is 0 Å². The van der Waals surface area contributed by atoms with E-state index in [4.69, 9.17) is 23.0 Å². The second-order valence-corrected chi connectivity index (χ2v) is 8.95. The van der Waals surface area contributed by atoms with Gasteiger partial charge < -0.3 is 9.47 Å². The summed E-state index contributed by atoms with van der Waals surface area (Å²) in [5.74, 6) is -1.14. The summed E-state index contributed by atoms with van der Waals surface area (Å²) in [7, 11) is -3.94. The zero-order valence-electron chi connectivity index (χ0n) is 18.9. The van der Waals surface area contributed by atoms with Crippen molar-refractivity contribution in [1.29, 1.82) is 0 Å². The zero-order chi connectivity index (χ0) is 23.2. The smallest absolute Gasteiger partial charge is 0.457 e. The summed E-state index contributed by atoms with van der Waals surface area (Å²) in [5, 5.41) is 0. The molecule has 0 radical (unpaired) electrons. The Bertz CT molecular complexity index is 574. The molecule has 0 fully saturated rings. The third-order valence-corrected chi connectivity index (χ3v) is 5.17. The van der Waals surface area contributed by atoms with E-state index in [9.17, 15) is 14.2 Å². The molecule has 0 aromatic heterocycles. The van der Waals surface area contributed by atoms with Crippen LogP contribution in [0, 0.1) is 0 Å². The molecule has 0 aliphatic heterocycles. The van der Waals surface area contributed by atoms with Crippen LogP contribution in [0.5, 0.6) is 0 Å². The Kier molecular flexibility index (Phi) is 14.6. The molecule has 0 saturated heterocycles. The predicted octanol–water partition coefficient (Wildman–Crippen LogP) is 5.13. The maximum Gasteiger partial charge on any atom is 0.475 e. The quantitative estimate of drug-likeness (QED) is 0.131. The average molecular weight is 448 g/mol. The average Bonchev–Trinajstić information content (AvgIpc) is 2.67. The molecule has 8 nitrogen and oxygen atoms in total. The Morgan fingerprint density at radius 2 is 1.23 bits per heavy atom. The molecule has 0 aliphatic rings. The lowest BCUT2D eigenvalue weighted by Crippen LogP contribution is -2.23. The fraction of sp³-hybridized carbons (Fsp3) is 0.714. The molecule has 0 rings (SSSR count). The van der Waals surface area contributed by atoms with E-state index in [-0.39, 0.29) is 31.0 Å². The molecule has 2 unspecified atom stereocenters. The van der Waals surface area contributed by atoms with Crippen molar-refractivity contribution in [2.75, 3.05) is 19.8 Å². The van der Waals surface area contributed by atoms with Crippen LogP contribution in [0.1, 0.15) is 66.7 Å². The minimum absolute atomic E-state index is 0.188. The van der Waals surface area contributed by atoms with Gasteiger partial charge in [0.1, 0.15) is 12.2 Å². The lowest BCUT2D eigenvalue weighted by Gasteiger charge is -2.22. The fourth-order valence-electron chi connectivity index (χ4n) is 2.02. The monoisotopic (exact) mass is 448 g/mol. The lowest BCUT2D eigenvalue weighted by atomic mass is 10.2. The number of esters is 2. The van der Waals surface area contributed by atoms with Gasteiger partial charge in [0.25, 0.3) is 0 Å². The van der Waals surface area contributed by atoms with Crippen molar-refractivity contribution in [3.05, 3.63) is 24.3 Å². The molecule has 0 N–H and O–H groups in total. The minimum Gasteiger partial charge on any atom is -0.457 e. The summed E-state index contributed by atoms with van der Waals surface area (Å²) in [6.07, 6.45) is 3.59. The van der Waals surface area contributed by atoms with Crippen molar-refractivity contribution in [3.63, 3.8) is 0 Å². The number of hydrogen-bond acceptors (Lipinski definition) is 8. The predicted molar refractivity (Wildman–Crippen MR) is 115 cm³/mol. The van der Waals surface area contributed by atoms with Crippen molar-refractivity contribution in [2.45, 2.75) is 78.9 Å². The molecule has 2 atom stereocenters. The Balaban J connectivity index is 4.75. The summed E-state index contributed by atoms with van der Waals surface area (Å²) in [5.41, 5.74) is 0.496. The van der Waals surface area contributed by atoms with Gasteiger partial charge in [-0.2, -0.15) is 0 Å². The Hall–Kier alpha value is -1.47. The largest absolute Gasteiger partial charge is 0.475 e. The van der Waals surface area contributed by atoms with Crippen molar-refractivity contribution >= 4 is 19.8 Å². The lowest BCUT2D eigenvalue weighted by molar-refractivity contribution is -0.145. The van der Waals surface area contributed by atoms with Gasteiger partial charge in [-0.25, -0.2) is 14.2 Å². The number of ether oxygens (including phenoxy) is 2. The third kappa shape index (κ3) is 13.7. The van der Waals surface area contributed by atoms with Crippen LogP contribution in [0.15, 0.2) is 24.3 Å². The number of carbonyl (C=O) groups is 2. The molecule has 0 aromatic carbocycles. The van der Waals surface area contributed by atoms with E-state index in [1.54, 1.807) is 13.8 Å². The summed E-state index contributed by atoms with van der Waals surface area (Å²) >= 11 is 0. The summed E-state index contributed by atoms with van der Waals surface area (Å²) < 4.78 is 39.3. The summed E-state index contributed by atoms with van der Waals surface area (Å²) in [6, 6.07) is 0. The van der Waals surface area contributed by atoms with Gasteiger partial charge in [-0.3, -0.25) is 13.6 Å². The molecule has 0 amide bonds. The zero-order valence-corrected chi connectivity index (χ0v) is 19.8. The highest BCUT2D eigenvalue weighted by atomic mass is 31.2. The highest BCUT2D eigenvalue weighted by Crippen LogP contribution is 2.50. The van der Waals surface area contributed by atoms with E-state index < -0.39 is 32.0 Å². The molecule has 0 aliphatic carbocycles. The minimum atomic E-state index is -3.94. The van der Waals surface area contributed by atoms with Gasteiger partial charge >= 0.3 is 19.8 Å². The first-order chi connectivity index (χ1) is 14.0. The number of hydrogen-bond donors (Lipinski definition) is 0. The first kappa shape index (κ1) is 28.5. The van der Waals surface area contributed by atoms with Gasteiger partial charge in [0.05, 0.1) is 19.8 Å². The molecule has 0 bridgehead atoms. The molecule has 9 heteroatoms. The molecule has 30 heavy (non-hydrogen) atoms. The number of phosphoric acid groups is 1. The molecular weight excluding hydrogens is 411 g/mol. The van der Waals surface area contributed by atoms with Crippen molar-refractivity contribution in [1.82, 2.24) is 0 Å². The van der Waals surface area contributed by atoms with Crippen LogP contribution in [0.4, 0.5) is 0 Å². The van der Waals surface area contributed by atoms with E-state index in [1.165, 1.54) is 13.8 Å². The van der Waals surface area contributed by atoms with Crippen molar-refractivity contribution in [3.8, 4) is 0 Å². The molecular formula is C21H37O8P. The normalized spacial score (nSPS) is 15.0. The van der Waals surface area contributed by atoms with Crippen LogP contribution in [0.3, 0.4) is 0 Å². The first-order valence-corrected chi connectivity index (χ1v) is 11.7. The van der Waals surface area contributed by atoms with Gasteiger partial charge in [-0.05, 0) is 34.1 Å². The topological polar surface area (TPSA) is 97.4 Å². The van der Waals surface area contributed by atoms with E-state index in [0.29, 0.717) is 6.42 Å². The maximum absolute atomic E-state index is 13.0. The van der Waals surface area contributed by atoms with Crippen LogP contribution in [-0.4, -0.2) is 44.0 Å². The standard InChI is InChI=1S/C21H37O8P/c1-8-9-10-11-12-13-25-30(24,26-14-18(6)28-20(22)16(2)3)27-15-19(7)29-21(23)17(4)5/h18-19H,2,4,8-15H2,1,3,5-7H3. The molecule has 0 heterocycles. The van der Waals surface area contributed by atoms with E-state index in [2.05, 4.69) is 20.1 Å². The number of unbranched alkanes of at least 4 members (excludes halogenated alkanes) is 4. The molecule has 174 valence electrons. The van der Waals surface area contributed by atoms with Crippen LogP contribution in [0.25, 0.3) is 0 Å². The van der Waals surface area contributed by atoms with E-state index in [0.717, 1.165) is 25.7 Å². The Morgan fingerprint density at radius 1 is 0.800 bits per heavy atom. The molecule has 0 aromatic rings. The van der Waals surface area contributed by atoms with Gasteiger partial charge in [-0.1, -0.05) is 45.8 Å². The number of rotatable bonds is 17. The second kappa shape index (κ2) is 15.3. The van der Waals surface area contributed by atoms with Gasteiger partial charge in [0.15, 0.2) is 0 Å². The van der Waals surface area contributed by atoms with Crippen LogP contribution in [-0.2, 0) is 37.2 Å². The molecule has 0 saturated carbocycles. The molecule has 0 spiro atoms. The highest BCUT2D eigenvalue weighted by molar-refractivity contribution is 7.48. The van der Waals surface area contributed by atoms with Crippen molar-refractivity contribution < 1.29 is 37.2 Å². The van der Waals surface area contributed by atoms with Crippen LogP contribution in [0.2, 0.25) is 0 Å². The summed E-state index contributed by atoms with van der Waals surface area (Å²) in [4.78, 5) is 23.2. The number of phosphoric ester groups is 1. The number of carbonyl (C=O) groups excluding carboxylic acids is 2. The highest BCUT2D eigenvalue weighted by Gasteiger charge is 2.29. The van der Waals surface area contributed by atoms with Crippen LogP contribution >= 0.6 is 7.82 Å². The second-order valence-electron chi connectivity index (χ2n) is 7.28.